The highest BCUT2D eigenvalue weighted by atomic mass is 19.4. The maximum Gasteiger partial charge on any atom is 0.471 e. The smallest absolute Gasteiger partial charge is 0.357 e. The topological polar surface area (TPSA) is 50.2 Å². The Kier molecular flexibility index (Phi) is 4.50. The summed E-state index contributed by atoms with van der Waals surface area (Å²) >= 11 is 0. The fourth-order valence-corrected chi connectivity index (χ4v) is 3.02. The van der Waals surface area contributed by atoms with E-state index in [0.717, 1.165) is 25.3 Å². The number of rotatable bonds is 4. The zero-order valence-corrected chi connectivity index (χ0v) is 12.9. The number of aromatic nitrogens is 2. The van der Waals surface area contributed by atoms with Gasteiger partial charge in [-0.15, -0.1) is 0 Å². The number of hydrogen-bond donors (Lipinski definition) is 1. The Hall–Kier alpha value is -1.73. The number of carbonyl (C=O) groups excluding carboxylic acids is 1. The van der Waals surface area contributed by atoms with Crippen molar-refractivity contribution in [3.05, 3.63) is 12.3 Å². The Morgan fingerprint density at radius 2 is 2.04 bits per heavy atom. The summed E-state index contributed by atoms with van der Waals surface area (Å²) in [5.74, 6) is -0.103. The molecule has 1 aromatic heterocycles. The quantitative estimate of drug-likeness (QED) is 0.922. The Bertz CT molecular complexity index is 553. The minimum Gasteiger partial charge on any atom is -0.357 e. The molecule has 0 spiro atoms. The van der Waals surface area contributed by atoms with Gasteiger partial charge in [-0.2, -0.15) is 18.3 Å². The third kappa shape index (κ3) is 4.17. The van der Waals surface area contributed by atoms with Crippen LogP contribution in [-0.2, 0) is 11.3 Å². The van der Waals surface area contributed by atoms with Crippen LogP contribution in [0, 0.1) is 5.92 Å². The zero-order chi connectivity index (χ0) is 16.4. The van der Waals surface area contributed by atoms with Crippen molar-refractivity contribution in [3.8, 4) is 0 Å². The summed E-state index contributed by atoms with van der Waals surface area (Å²) < 4.78 is 39.0. The van der Waals surface area contributed by atoms with Crippen molar-refractivity contribution in [2.24, 2.45) is 5.92 Å². The number of hydrogen-bond acceptors (Lipinski definition) is 3. The number of nitrogens with zero attached hydrogens (tertiary/aromatic N) is 3. The molecule has 128 valence electrons. The van der Waals surface area contributed by atoms with Gasteiger partial charge in [-0.3, -0.25) is 4.79 Å². The second kappa shape index (κ2) is 6.41. The van der Waals surface area contributed by atoms with E-state index in [1.165, 1.54) is 12.8 Å². The maximum atomic E-state index is 12.4. The summed E-state index contributed by atoms with van der Waals surface area (Å²) in [6, 6.07) is 1.53. The van der Waals surface area contributed by atoms with Crippen molar-refractivity contribution in [2.75, 3.05) is 18.0 Å². The number of amides is 1. The van der Waals surface area contributed by atoms with Crippen LogP contribution in [0.15, 0.2) is 12.3 Å². The molecular formula is C15H21F3N4O. The van der Waals surface area contributed by atoms with E-state index < -0.39 is 18.1 Å². The molecule has 1 N–H and O–H groups in total. The predicted octanol–water partition coefficient (Wildman–Crippen LogP) is 2.33. The van der Waals surface area contributed by atoms with Crippen molar-refractivity contribution in [3.63, 3.8) is 0 Å². The van der Waals surface area contributed by atoms with Crippen molar-refractivity contribution in [1.29, 1.82) is 0 Å². The first-order valence-electron chi connectivity index (χ1n) is 8.08. The van der Waals surface area contributed by atoms with Crippen LogP contribution in [0.25, 0.3) is 0 Å². The van der Waals surface area contributed by atoms with E-state index in [2.05, 4.69) is 15.3 Å². The first-order valence-corrected chi connectivity index (χ1v) is 8.08. The van der Waals surface area contributed by atoms with E-state index in [1.807, 2.05) is 10.7 Å². The molecule has 0 bridgehead atoms. The van der Waals surface area contributed by atoms with Crippen LogP contribution in [-0.4, -0.2) is 41.0 Å². The van der Waals surface area contributed by atoms with Crippen LogP contribution in [0.5, 0.6) is 0 Å². The number of anilines is 1. The average Bonchev–Trinajstić information content (AvgIpc) is 3.22. The molecule has 1 aromatic rings. The van der Waals surface area contributed by atoms with Crippen LogP contribution in [0.1, 0.15) is 32.1 Å². The normalized spacial score (nSPS) is 22.7. The average molecular weight is 330 g/mol. The lowest BCUT2D eigenvalue weighted by Gasteiger charge is -2.23. The molecular weight excluding hydrogens is 309 g/mol. The Balaban J connectivity index is 1.58. The standard InChI is InChI=1S/C15H21F3N4O/c16-15(17,18)14(23)20-12-2-1-8-21(9-6-12)13-5-7-19-22(13)10-11-3-4-11/h5,7,11-12H,1-4,6,8-10H2,(H,20,23). The lowest BCUT2D eigenvalue weighted by atomic mass is 10.1. The molecule has 0 radical (unpaired) electrons. The summed E-state index contributed by atoms with van der Waals surface area (Å²) in [6.45, 7) is 2.31. The molecule has 1 aliphatic heterocycles. The van der Waals surface area contributed by atoms with Gasteiger partial charge in [-0.25, -0.2) is 4.68 Å². The van der Waals surface area contributed by atoms with E-state index in [1.54, 1.807) is 6.20 Å². The summed E-state index contributed by atoms with van der Waals surface area (Å²) in [4.78, 5) is 13.2. The number of halogens is 3. The highest BCUT2D eigenvalue weighted by Crippen LogP contribution is 2.32. The first-order chi connectivity index (χ1) is 10.9. The van der Waals surface area contributed by atoms with Gasteiger partial charge in [-0.05, 0) is 38.0 Å². The molecule has 5 nitrogen and oxygen atoms in total. The van der Waals surface area contributed by atoms with Crippen LogP contribution in [0.2, 0.25) is 0 Å². The van der Waals surface area contributed by atoms with Crippen LogP contribution in [0.3, 0.4) is 0 Å². The van der Waals surface area contributed by atoms with Gasteiger partial charge in [0.1, 0.15) is 5.82 Å². The van der Waals surface area contributed by atoms with Gasteiger partial charge in [0.25, 0.3) is 0 Å². The maximum absolute atomic E-state index is 12.4. The van der Waals surface area contributed by atoms with E-state index in [0.29, 0.717) is 25.3 Å². The van der Waals surface area contributed by atoms with Crippen molar-refractivity contribution < 1.29 is 18.0 Å². The lowest BCUT2D eigenvalue weighted by Crippen LogP contribution is -2.43. The highest BCUT2D eigenvalue weighted by Gasteiger charge is 2.39. The monoisotopic (exact) mass is 330 g/mol. The summed E-state index contributed by atoms with van der Waals surface area (Å²) in [6.07, 6.45) is 1.26. The molecule has 2 aliphatic rings. The zero-order valence-electron chi connectivity index (χ0n) is 12.9. The highest BCUT2D eigenvalue weighted by molar-refractivity contribution is 5.81. The SMILES string of the molecule is O=C(NC1CCCN(c2ccnn2CC2CC2)CC1)C(F)(F)F. The van der Waals surface area contributed by atoms with Gasteiger partial charge in [-0.1, -0.05) is 0 Å². The Morgan fingerprint density at radius 3 is 2.74 bits per heavy atom. The van der Waals surface area contributed by atoms with Gasteiger partial charge in [0.15, 0.2) is 0 Å². The molecule has 1 saturated carbocycles. The third-order valence-corrected chi connectivity index (χ3v) is 4.47. The van der Waals surface area contributed by atoms with Crippen molar-refractivity contribution >= 4 is 11.7 Å². The van der Waals surface area contributed by atoms with Gasteiger partial charge in [0.05, 0.1) is 6.20 Å². The molecule has 3 rings (SSSR count). The molecule has 8 heteroatoms. The second-order valence-electron chi connectivity index (χ2n) is 6.40. The van der Waals surface area contributed by atoms with Crippen molar-refractivity contribution in [1.82, 2.24) is 15.1 Å². The molecule has 1 amide bonds. The Morgan fingerprint density at radius 1 is 1.26 bits per heavy atom. The van der Waals surface area contributed by atoms with Gasteiger partial charge < -0.3 is 10.2 Å². The molecule has 2 fully saturated rings. The summed E-state index contributed by atoms with van der Waals surface area (Å²) in [5.41, 5.74) is 0. The third-order valence-electron chi connectivity index (χ3n) is 4.47. The molecule has 1 saturated heterocycles. The number of carbonyl (C=O) groups is 1. The molecule has 1 atom stereocenters. The summed E-state index contributed by atoms with van der Waals surface area (Å²) in [5, 5.41) is 6.47. The van der Waals surface area contributed by atoms with Crippen molar-refractivity contribution in [2.45, 2.75) is 50.9 Å². The fourth-order valence-electron chi connectivity index (χ4n) is 3.02. The first kappa shape index (κ1) is 16.1. The molecule has 23 heavy (non-hydrogen) atoms. The largest absolute Gasteiger partial charge is 0.471 e. The minimum absolute atomic E-state index is 0.422. The van der Waals surface area contributed by atoms with E-state index >= 15 is 0 Å². The molecule has 1 unspecified atom stereocenters. The summed E-state index contributed by atoms with van der Waals surface area (Å²) in [7, 11) is 0. The van der Waals surface area contributed by atoms with Crippen LogP contribution in [0.4, 0.5) is 19.0 Å². The molecule has 1 aliphatic carbocycles. The van der Waals surface area contributed by atoms with Gasteiger partial charge in [0, 0.05) is 31.7 Å². The van der Waals surface area contributed by atoms with Gasteiger partial charge in [0.2, 0.25) is 0 Å². The molecule has 2 heterocycles. The molecule has 0 aromatic carbocycles. The lowest BCUT2D eigenvalue weighted by molar-refractivity contribution is -0.174. The second-order valence-corrected chi connectivity index (χ2v) is 6.40. The number of alkyl halides is 3. The van der Waals surface area contributed by atoms with E-state index in [4.69, 9.17) is 0 Å². The minimum atomic E-state index is -4.81. The predicted molar refractivity (Wildman–Crippen MR) is 79.0 cm³/mol. The van der Waals surface area contributed by atoms with Crippen LogP contribution >= 0.6 is 0 Å². The number of nitrogens with one attached hydrogen (secondary N) is 1. The van der Waals surface area contributed by atoms with E-state index in [-0.39, 0.29) is 0 Å². The Labute approximate surface area is 132 Å². The van der Waals surface area contributed by atoms with E-state index in [9.17, 15) is 18.0 Å². The van der Waals surface area contributed by atoms with Gasteiger partial charge >= 0.3 is 12.1 Å². The fraction of sp³-hybridized carbons (Fsp3) is 0.733. The van der Waals surface area contributed by atoms with Crippen LogP contribution < -0.4 is 10.2 Å².